The number of hydrogen-bond acceptors (Lipinski definition) is 6. The maximum absolute atomic E-state index is 13.1. The fraction of sp³-hybridized carbons (Fsp3) is 0.0952. The highest BCUT2D eigenvalue weighted by Gasteiger charge is 2.38. The normalized spacial score (nSPS) is 14.6. The molecule has 152 valence electrons. The third kappa shape index (κ3) is 3.67. The van der Waals surface area contributed by atoms with Crippen molar-refractivity contribution in [2.45, 2.75) is 18.4 Å². The van der Waals surface area contributed by atoms with Gasteiger partial charge in [-0.25, -0.2) is 22.8 Å². The quantitative estimate of drug-likeness (QED) is 0.695. The SMILES string of the molecule is Cc1ccc(N2N=C(C(=O)NCc3ccc(F)cc3)S(=O)(=O)c3cccnc32)cc1. The van der Waals surface area contributed by atoms with E-state index in [1.165, 1.54) is 47.6 Å². The minimum absolute atomic E-state index is 0.0259. The summed E-state index contributed by atoms with van der Waals surface area (Å²) in [5.74, 6) is -1.13. The van der Waals surface area contributed by atoms with Crippen LogP contribution in [0.15, 0.2) is 76.9 Å². The zero-order valence-corrected chi connectivity index (χ0v) is 16.7. The molecule has 0 bridgehead atoms. The van der Waals surface area contributed by atoms with Gasteiger partial charge < -0.3 is 5.32 Å². The Morgan fingerprint density at radius 3 is 2.47 bits per heavy atom. The molecule has 1 aliphatic rings. The van der Waals surface area contributed by atoms with Crippen molar-refractivity contribution in [2.24, 2.45) is 5.10 Å². The average molecular weight is 424 g/mol. The van der Waals surface area contributed by atoms with Gasteiger partial charge in [0.25, 0.3) is 5.91 Å². The molecule has 1 amide bonds. The molecule has 30 heavy (non-hydrogen) atoms. The Hall–Kier alpha value is -3.59. The van der Waals surface area contributed by atoms with E-state index < -0.39 is 26.6 Å². The third-order valence-electron chi connectivity index (χ3n) is 4.53. The highest BCUT2D eigenvalue weighted by molar-refractivity contribution is 8.08. The van der Waals surface area contributed by atoms with Crippen molar-refractivity contribution in [1.82, 2.24) is 10.3 Å². The van der Waals surface area contributed by atoms with Crippen LogP contribution in [0.1, 0.15) is 11.1 Å². The van der Waals surface area contributed by atoms with Gasteiger partial charge in [0.2, 0.25) is 14.9 Å². The van der Waals surface area contributed by atoms with Gasteiger partial charge in [-0.3, -0.25) is 4.79 Å². The molecule has 0 atom stereocenters. The van der Waals surface area contributed by atoms with Crippen LogP contribution in [-0.4, -0.2) is 24.4 Å². The van der Waals surface area contributed by atoms with Crippen LogP contribution in [0.4, 0.5) is 15.9 Å². The lowest BCUT2D eigenvalue weighted by Crippen LogP contribution is -2.40. The number of rotatable bonds is 4. The van der Waals surface area contributed by atoms with Crippen LogP contribution < -0.4 is 10.3 Å². The molecule has 0 aliphatic carbocycles. The first-order valence-corrected chi connectivity index (χ1v) is 10.5. The smallest absolute Gasteiger partial charge is 0.284 e. The molecule has 3 aromatic rings. The number of pyridine rings is 1. The molecule has 0 saturated carbocycles. The first kappa shape index (κ1) is 19.7. The number of sulfone groups is 1. The Kier molecular flexibility index (Phi) is 5.04. The average Bonchev–Trinajstić information content (AvgIpc) is 2.74. The number of nitrogens with zero attached hydrogens (tertiary/aromatic N) is 3. The van der Waals surface area contributed by atoms with Crippen LogP contribution in [0, 0.1) is 12.7 Å². The molecule has 0 unspecified atom stereocenters. The number of nitrogens with one attached hydrogen (secondary N) is 1. The van der Waals surface area contributed by atoms with Gasteiger partial charge in [0, 0.05) is 12.7 Å². The van der Waals surface area contributed by atoms with Crippen molar-refractivity contribution in [2.75, 3.05) is 5.01 Å². The Labute approximate surface area is 172 Å². The highest BCUT2D eigenvalue weighted by atomic mass is 32.2. The molecule has 0 radical (unpaired) electrons. The topological polar surface area (TPSA) is 91.7 Å². The number of benzene rings is 2. The van der Waals surface area contributed by atoms with Gasteiger partial charge in [0.05, 0.1) is 5.69 Å². The lowest BCUT2D eigenvalue weighted by atomic mass is 10.2. The summed E-state index contributed by atoms with van der Waals surface area (Å²) in [6.45, 7) is 1.95. The van der Waals surface area contributed by atoms with Crippen molar-refractivity contribution < 1.29 is 17.6 Å². The fourth-order valence-corrected chi connectivity index (χ4v) is 4.29. The lowest BCUT2D eigenvalue weighted by Gasteiger charge is -2.26. The Morgan fingerprint density at radius 2 is 1.77 bits per heavy atom. The zero-order valence-electron chi connectivity index (χ0n) is 15.9. The molecule has 1 aliphatic heterocycles. The van der Waals surface area contributed by atoms with Crippen LogP contribution in [0.5, 0.6) is 0 Å². The summed E-state index contributed by atoms with van der Waals surface area (Å²) in [6.07, 6.45) is 1.46. The molecule has 7 nitrogen and oxygen atoms in total. The minimum atomic E-state index is -4.17. The number of halogens is 1. The van der Waals surface area contributed by atoms with E-state index in [-0.39, 0.29) is 17.3 Å². The molecule has 2 heterocycles. The minimum Gasteiger partial charge on any atom is -0.346 e. The number of carbonyl (C=O) groups is 1. The summed E-state index contributed by atoms with van der Waals surface area (Å²) < 4.78 is 39.1. The van der Waals surface area contributed by atoms with E-state index in [1.807, 2.05) is 19.1 Å². The van der Waals surface area contributed by atoms with E-state index in [9.17, 15) is 17.6 Å². The molecule has 9 heteroatoms. The predicted molar refractivity (Wildman–Crippen MR) is 110 cm³/mol. The van der Waals surface area contributed by atoms with Crippen molar-refractivity contribution >= 4 is 32.3 Å². The van der Waals surface area contributed by atoms with Gasteiger partial charge in [-0.1, -0.05) is 29.8 Å². The van der Waals surface area contributed by atoms with Gasteiger partial charge in [-0.15, -0.1) is 5.10 Å². The highest BCUT2D eigenvalue weighted by Crippen LogP contribution is 2.34. The zero-order chi connectivity index (χ0) is 21.3. The number of carbonyl (C=O) groups excluding carboxylic acids is 1. The second kappa shape index (κ2) is 7.68. The molecule has 1 N–H and O–H groups in total. The maximum Gasteiger partial charge on any atom is 0.284 e. The van der Waals surface area contributed by atoms with Crippen molar-refractivity contribution in [3.05, 3.63) is 83.8 Å². The number of hydrazone groups is 1. The maximum atomic E-state index is 13.1. The van der Waals surface area contributed by atoms with Crippen LogP contribution in [0.2, 0.25) is 0 Å². The molecule has 0 spiro atoms. The summed E-state index contributed by atoms with van der Waals surface area (Å²) in [7, 11) is -4.17. The Morgan fingerprint density at radius 1 is 1.07 bits per heavy atom. The van der Waals surface area contributed by atoms with Crippen LogP contribution in [-0.2, 0) is 21.2 Å². The van der Waals surface area contributed by atoms with E-state index >= 15 is 0 Å². The number of hydrogen-bond donors (Lipinski definition) is 1. The summed E-state index contributed by atoms with van der Waals surface area (Å²) >= 11 is 0. The van der Waals surface area contributed by atoms with Gasteiger partial charge in [0.1, 0.15) is 10.7 Å². The first-order chi connectivity index (χ1) is 14.4. The summed E-state index contributed by atoms with van der Waals surface area (Å²) in [6, 6.07) is 15.6. The van der Waals surface area contributed by atoms with E-state index in [2.05, 4.69) is 15.4 Å². The van der Waals surface area contributed by atoms with Crippen molar-refractivity contribution in [1.29, 1.82) is 0 Å². The van der Waals surface area contributed by atoms with Gasteiger partial charge in [0.15, 0.2) is 5.82 Å². The van der Waals surface area contributed by atoms with Crippen LogP contribution >= 0.6 is 0 Å². The largest absolute Gasteiger partial charge is 0.346 e. The fourth-order valence-electron chi connectivity index (χ4n) is 2.94. The predicted octanol–water partition coefficient (Wildman–Crippen LogP) is 3.08. The molecule has 4 rings (SSSR count). The first-order valence-electron chi connectivity index (χ1n) is 9.04. The monoisotopic (exact) mass is 424 g/mol. The number of aromatic nitrogens is 1. The van der Waals surface area contributed by atoms with E-state index in [4.69, 9.17) is 0 Å². The lowest BCUT2D eigenvalue weighted by molar-refractivity contribution is -0.114. The molecular weight excluding hydrogens is 407 g/mol. The standard InChI is InChI=1S/C21H17FN4O3S/c1-14-4-10-17(11-5-14)26-19-18(3-2-12-23-19)30(28,29)21(25-26)20(27)24-13-15-6-8-16(22)9-7-15/h2-12H,13H2,1H3,(H,24,27). The van der Waals surface area contributed by atoms with E-state index in [0.29, 0.717) is 11.3 Å². The third-order valence-corrected chi connectivity index (χ3v) is 6.20. The number of amides is 1. The van der Waals surface area contributed by atoms with Crippen LogP contribution in [0.25, 0.3) is 0 Å². The van der Waals surface area contributed by atoms with Gasteiger partial charge in [-0.05, 0) is 48.9 Å². The van der Waals surface area contributed by atoms with E-state index in [1.54, 1.807) is 12.1 Å². The molecule has 1 aromatic heterocycles. The second-order valence-electron chi connectivity index (χ2n) is 6.69. The summed E-state index contributed by atoms with van der Waals surface area (Å²) in [4.78, 5) is 16.8. The van der Waals surface area contributed by atoms with Gasteiger partial charge >= 0.3 is 0 Å². The van der Waals surface area contributed by atoms with Gasteiger partial charge in [-0.2, -0.15) is 0 Å². The number of aryl methyl sites for hydroxylation is 1. The number of anilines is 2. The van der Waals surface area contributed by atoms with Crippen molar-refractivity contribution in [3.8, 4) is 0 Å². The van der Waals surface area contributed by atoms with Crippen molar-refractivity contribution in [3.63, 3.8) is 0 Å². The number of fused-ring (bicyclic) bond motifs is 1. The molecule has 0 saturated heterocycles. The summed E-state index contributed by atoms with van der Waals surface area (Å²) in [5.41, 5.74) is 2.21. The molecular formula is C21H17FN4O3S. The molecule has 2 aromatic carbocycles. The van der Waals surface area contributed by atoms with Crippen LogP contribution in [0.3, 0.4) is 0 Å². The Bertz CT molecular complexity index is 1240. The van der Waals surface area contributed by atoms with E-state index in [0.717, 1.165) is 5.56 Å². The molecule has 0 fully saturated rings. The second-order valence-corrected chi connectivity index (χ2v) is 8.52. The Balaban J connectivity index is 1.71. The summed E-state index contributed by atoms with van der Waals surface area (Å²) in [5, 5.41) is 7.37.